The van der Waals surface area contributed by atoms with Gasteiger partial charge in [-0.1, -0.05) is 24.3 Å². The van der Waals surface area contributed by atoms with Gasteiger partial charge in [-0.15, -0.1) is 0 Å². The standard InChI is InChI=1S/C26H25N5O/c1-26(2,3)31-12-10-19(16-31)25(32)28-15-24-29-22-8-7-18(13-23(22)30-24)20-6-4-5-17-9-11-27-14-21(17)20/h4-14,16H,15H2,1-3H3,(H,28,32)(H,29,30). The van der Waals surface area contributed by atoms with E-state index < -0.39 is 0 Å². The van der Waals surface area contributed by atoms with Crippen molar-refractivity contribution in [1.82, 2.24) is 24.8 Å². The largest absolute Gasteiger partial charge is 0.348 e. The van der Waals surface area contributed by atoms with Crippen LogP contribution in [-0.2, 0) is 12.1 Å². The molecule has 0 radical (unpaired) electrons. The molecule has 1 amide bonds. The van der Waals surface area contributed by atoms with Crippen LogP contribution < -0.4 is 5.32 Å². The highest BCUT2D eigenvalue weighted by atomic mass is 16.1. The molecular formula is C26H25N5O. The Morgan fingerprint density at radius 1 is 1.12 bits per heavy atom. The van der Waals surface area contributed by atoms with Gasteiger partial charge in [0.25, 0.3) is 5.91 Å². The normalized spacial score (nSPS) is 11.8. The van der Waals surface area contributed by atoms with E-state index in [1.807, 2.05) is 47.6 Å². The molecule has 3 heterocycles. The lowest BCUT2D eigenvalue weighted by molar-refractivity contribution is 0.0950. The van der Waals surface area contributed by atoms with Gasteiger partial charge in [0.15, 0.2) is 0 Å². The smallest absolute Gasteiger partial charge is 0.253 e. The van der Waals surface area contributed by atoms with Gasteiger partial charge in [0, 0.05) is 35.7 Å². The molecule has 0 saturated carbocycles. The third kappa shape index (κ3) is 3.75. The molecule has 6 heteroatoms. The number of aromatic amines is 1. The third-order valence-electron chi connectivity index (χ3n) is 5.67. The molecule has 0 aliphatic heterocycles. The number of carbonyl (C=O) groups excluding carboxylic acids is 1. The van der Waals surface area contributed by atoms with Crippen LogP contribution in [0.2, 0.25) is 0 Å². The maximum absolute atomic E-state index is 12.6. The zero-order valence-corrected chi connectivity index (χ0v) is 18.4. The lowest BCUT2D eigenvalue weighted by atomic mass is 9.99. The van der Waals surface area contributed by atoms with E-state index >= 15 is 0 Å². The van der Waals surface area contributed by atoms with Crippen molar-refractivity contribution in [2.24, 2.45) is 0 Å². The number of hydrogen-bond acceptors (Lipinski definition) is 3. The zero-order chi connectivity index (χ0) is 22.3. The maximum Gasteiger partial charge on any atom is 0.253 e. The summed E-state index contributed by atoms with van der Waals surface area (Å²) in [5.41, 5.74) is 4.61. The number of nitrogens with one attached hydrogen (secondary N) is 2. The second-order valence-electron chi connectivity index (χ2n) is 8.98. The Morgan fingerprint density at radius 3 is 2.81 bits per heavy atom. The summed E-state index contributed by atoms with van der Waals surface area (Å²) in [6.45, 7) is 6.64. The van der Waals surface area contributed by atoms with Gasteiger partial charge in [-0.25, -0.2) is 4.98 Å². The van der Waals surface area contributed by atoms with Crippen LogP contribution in [0.3, 0.4) is 0 Å². The lowest BCUT2D eigenvalue weighted by Crippen LogP contribution is -2.24. The summed E-state index contributed by atoms with van der Waals surface area (Å²) in [7, 11) is 0. The summed E-state index contributed by atoms with van der Waals surface area (Å²) in [6, 6.07) is 16.3. The summed E-state index contributed by atoms with van der Waals surface area (Å²) < 4.78 is 2.04. The second kappa shape index (κ2) is 7.64. The first-order chi connectivity index (χ1) is 15.4. The number of fused-ring (bicyclic) bond motifs is 2. The number of nitrogens with zero attached hydrogens (tertiary/aromatic N) is 3. The Hall–Kier alpha value is -3.93. The van der Waals surface area contributed by atoms with Crippen molar-refractivity contribution in [2.45, 2.75) is 32.9 Å². The number of H-pyrrole nitrogens is 1. The van der Waals surface area contributed by atoms with Crippen molar-refractivity contribution >= 4 is 27.7 Å². The number of hydrogen-bond donors (Lipinski definition) is 2. The molecule has 0 aliphatic rings. The van der Waals surface area contributed by atoms with Crippen molar-refractivity contribution < 1.29 is 4.79 Å². The van der Waals surface area contributed by atoms with Crippen LogP contribution in [-0.4, -0.2) is 25.4 Å². The molecule has 3 aromatic heterocycles. The predicted octanol–water partition coefficient (Wildman–Crippen LogP) is 5.26. The number of rotatable bonds is 4. The minimum atomic E-state index is -0.114. The van der Waals surface area contributed by atoms with Crippen LogP contribution in [0.4, 0.5) is 0 Å². The molecule has 0 fully saturated rings. The van der Waals surface area contributed by atoms with Gasteiger partial charge < -0.3 is 14.9 Å². The highest BCUT2D eigenvalue weighted by molar-refractivity contribution is 5.97. The fourth-order valence-corrected chi connectivity index (χ4v) is 3.89. The molecule has 0 atom stereocenters. The number of carbonyl (C=O) groups is 1. The predicted molar refractivity (Wildman–Crippen MR) is 127 cm³/mol. The Labute approximate surface area is 186 Å². The SMILES string of the molecule is CC(C)(C)n1ccc(C(=O)NCc2nc3ccc(-c4cccc5ccncc45)cc3[nH]2)c1. The van der Waals surface area contributed by atoms with E-state index in [4.69, 9.17) is 0 Å². The van der Waals surface area contributed by atoms with E-state index in [1.54, 1.807) is 0 Å². The number of amides is 1. The van der Waals surface area contributed by atoms with Gasteiger partial charge in [0.2, 0.25) is 0 Å². The van der Waals surface area contributed by atoms with E-state index in [-0.39, 0.29) is 11.4 Å². The fourth-order valence-electron chi connectivity index (χ4n) is 3.89. The van der Waals surface area contributed by atoms with Crippen LogP contribution in [0.25, 0.3) is 32.9 Å². The molecule has 0 spiro atoms. The van der Waals surface area contributed by atoms with Crippen molar-refractivity contribution in [3.8, 4) is 11.1 Å². The van der Waals surface area contributed by atoms with Crippen LogP contribution >= 0.6 is 0 Å². The molecule has 2 N–H and O–H groups in total. The topological polar surface area (TPSA) is 75.6 Å². The van der Waals surface area contributed by atoms with Crippen LogP contribution in [0.5, 0.6) is 0 Å². The van der Waals surface area contributed by atoms with Crippen LogP contribution in [0.1, 0.15) is 37.0 Å². The van der Waals surface area contributed by atoms with Crippen molar-refractivity contribution in [3.05, 3.63) is 84.7 Å². The number of imidazole rings is 1. The minimum Gasteiger partial charge on any atom is -0.348 e. The average molecular weight is 424 g/mol. The van der Waals surface area contributed by atoms with Crippen LogP contribution in [0, 0.1) is 0 Å². The molecule has 0 unspecified atom stereocenters. The third-order valence-corrected chi connectivity index (χ3v) is 5.67. The Morgan fingerprint density at radius 2 is 2.00 bits per heavy atom. The Bertz CT molecular complexity index is 1430. The highest BCUT2D eigenvalue weighted by Crippen LogP contribution is 2.29. The van der Waals surface area contributed by atoms with Gasteiger partial charge in [0.1, 0.15) is 5.82 Å². The van der Waals surface area contributed by atoms with E-state index in [9.17, 15) is 4.79 Å². The molecule has 0 aliphatic carbocycles. The first kappa shape index (κ1) is 20.0. The van der Waals surface area contributed by atoms with Crippen LogP contribution in [0.15, 0.2) is 73.3 Å². The summed E-state index contributed by atoms with van der Waals surface area (Å²) >= 11 is 0. The minimum absolute atomic E-state index is 0.0604. The summed E-state index contributed by atoms with van der Waals surface area (Å²) in [5, 5.41) is 5.23. The van der Waals surface area contributed by atoms with E-state index in [0.29, 0.717) is 12.1 Å². The van der Waals surface area contributed by atoms with Crippen molar-refractivity contribution in [3.63, 3.8) is 0 Å². The second-order valence-corrected chi connectivity index (χ2v) is 8.98. The molecular weight excluding hydrogens is 398 g/mol. The molecule has 0 saturated heterocycles. The van der Waals surface area contributed by atoms with Gasteiger partial charge in [-0.05, 0) is 61.5 Å². The molecule has 0 bridgehead atoms. The summed E-state index contributed by atoms with van der Waals surface area (Å²) in [6.07, 6.45) is 7.51. The van der Waals surface area contributed by atoms with E-state index in [1.165, 1.54) is 0 Å². The molecule has 6 nitrogen and oxygen atoms in total. The summed E-state index contributed by atoms with van der Waals surface area (Å²) in [4.78, 5) is 24.8. The Balaban J connectivity index is 1.36. The number of aromatic nitrogens is 4. The average Bonchev–Trinajstić information content (AvgIpc) is 3.44. The van der Waals surface area contributed by atoms with E-state index in [2.05, 4.69) is 71.4 Å². The monoisotopic (exact) mass is 423 g/mol. The highest BCUT2D eigenvalue weighted by Gasteiger charge is 2.15. The molecule has 160 valence electrons. The van der Waals surface area contributed by atoms with Gasteiger partial charge in [0.05, 0.1) is 23.1 Å². The van der Waals surface area contributed by atoms with Gasteiger partial charge in [-0.2, -0.15) is 0 Å². The van der Waals surface area contributed by atoms with Crippen molar-refractivity contribution in [1.29, 1.82) is 0 Å². The number of pyridine rings is 1. The molecule has 5 rings (SSSR count). The van der Waals surface area contributed by atoms with Crippen molar-refractivity contribution in [2.75, 3.05) is 0 Å². The fraction of sp³-hybridized carbons (Fsp3) is 0.192. The van der Waals surface area contributed by atoms with E-state index in [0.717, 1.165) is 38.8 Å². The quantitative estimate of drug-likeness (QED) is 0.414. The first-order valence-corrected chi connectivity index (χ1v) is 10.7. The zero-order valence-electron chi connectivity index (χ0n) is 18.4. The lowest BCUT2D eigenvalue weighted by Gasteiger charge is -2.20. The Kier molecular flexibility index (Phi) is 4.78. The molecule has 5 aromatic rings. The van der Waals surface area contributed by atoms with Gasteiger partial charge >= 0.3 is 0 Å². The number of benzene rings is 2. The maximum atomic E-state index is 12.6. The van der Waals surface area contributed by atoms with Gasteiger partial charge in [-0.3, -0.25) is 9.78 Å². The molecule has 2 aromatic carbocycles. The first-order valence-electron chi connectivity index (χ1n) is 10.7. The molecule has 32 heavy (non-hydrogen) atoms. The summed E-state index contributed by atoms with van der Waals surface area (Å²) in [5.74, 6) is 0.609.